The highest BCUT2D eigenvalue weighted by atomic mass is 19.1. The average Bonchev–Trinajstić information content (AvgIpc) is 2.35. The zero-order valence-corrected chi connectivity index (χ0v) is 9.60. The van der Waals surface area contributed by atoms with Crippen LogP contribution in [0.25, 0.3) is 0 Å². The van der Waals surface area contributed by atoms with Gasteiger partial charge >= 0.3 is 5.97 Å². The third-order valence-corrected chi connectivity index (χ3v) is 2.61. The summed E-state index contributed by atoms with van der Waals surface area (Å²) in [5, 5.41) is 0. The van der Waals surface area contributed by atoms with Crippen LogP contribution in [0.2, 0.25) is 0 Å². The molecule has 2 rings (SSSR count). The molecule has 4 heteroatoms. The van der Waals surface area contributed by atoms with Crippen LogP contribution in [0.4, 0.5) is 10.1 Å². The Morgan fingerprint density at radius 2 is 2.24 bits per heavy atom. The molecule has 0 bridgehead atoms. The highest BCUT2D eigenvalue weighted by Crippen LogP contribution is 2.31. The number of halogens is 1. The van der Waals surface area contributed by atoms with E-state index in [2.05, 4.69) is 0 Å². The lowest BCUT2D eigenvalue weighted by molar-refractivity contribution is -0.137. The van der Waals surface area contributed by atoms with E-state index in [1.807, 2.05) is 30.3 Å². The second-order valence-corrected chi connectivity index (χ2v) is 3.77. The highest BCUT2D eigenvalue weighted by molar-refractivity contribution is 5.84. The van der Waals surface area contributed by atoms with Crippen LogP contribution in [-0.4, -0.2) is 25.4 Å². The largest absolute Gasteiger partial charge is 0.463 e. The van der Waals surface area contributed by atoms with Crippen molar-refractivity contribution in [3.63, 3.8) is 0 Å². The van der Waals surface area contributed by atoms with E-state index >= 15 is 0 Å². The van der Waals surface area contributed by atoms with Crippen molar-refractivity contribution in [2.24, 2.45) is 0 Å². The van der Waals surface area contributed by atoms with Gasteiger partial charge in [-0.2, -0.15) is 0 Å². The number of hydrogen-bond donors (Lipinski definition) is 0. The molecule has 1 aromatic rings. The van der Waals surface area contributed by atoms with E-state index in [-0.39, 0.29) is 0 Å². The first-order valence-corrected chi connectivity index (χ1v) is 5.55. The van der Waals surface area contributed by atoms with E-state index in [0.29, 0.717) is 18.7 Å². The summed E-state index contributed by atoms with van der Waals surface area (Å²) in [6.07, 6.45) is 0.0231. The fourth-order valence-corrected chi connectivity index (χ4v) is 1.73. The smallest absolute Gasteiger partial charge is 0.330 e. The summed E-state index contributed by atoms with van der Waals surface area (Å²) in [5.41, 5.74) is 1.29. The lowest BCUT2D eigenvalue weighted by atomic mass is 10.0. The van der Waals surface area contributed by atoms with Crippen LogP contribution < -0.4 is 4.90 Å². The summed E-state index contributed by atoms with van der Waals surface area (Å²) >= 11 is 0. The molecule has 0 spiro atoms. The normalized spacial score (nSPS) is 21.2. The predicted octanol–water partition coefficient (Wildman–Crippen LogP) is 2.29. The van der Waals surface area contributed by atoms with Crippen molar-refractivity contribution in [2.45, 2.75) is 13.2 Å². The molecule has 1 fully saturated rings. The molecule has 1 saturated heterocycles. The van der Waals surface area contributed by atoms with Gasteiger partial charge in [0.25, 0.3) is 0 Å². The molecule has 1 heterocycles. The van der Waals surface area contributed by atoms with Crippen LogP contribution in [0, 0.1) is 0 Å². The lowest BCUT2D eigenvalue weighted by Gasteiger charge is -2.39. The van der Waals surface area contributed by atoms with E-state index in [0.717, 1.165) is 5.69 Å². The second kappa shape index (κ2) is 4.99. The van der Waals surface area contributed by atoms with Gasteiger partial charge in [-0.05, 0) is 19.1 Å². The minimum atomic E-state index is -1.22. The van der Waals surface area contributed by atoms with E-state index in [1.54, 1.807) is 11.8 Å². The number of carbonyl (C=O) groups excluding carboxylic acids is 1. The van der Waals surface area contributed by atoms with Gasteiger partial charge in [0.2, 0.25) is 0 Å². The first-order chi connectivity index (χ1) is 8.22. The van der Waals surface area contributed by atoms with Crippen molar-refractivity contribution in [1.29, 1.82) is 0 Å². The topological polar surface area (TPSA) is 29.5 Å². The number of esters is 1. The second-order valence-electron chi connectivity index (χ2n) is 3.77. The number of alkyl halides is 1. The molecule has 0 saturated carbocycles. The van der Waals surface area contributed by atoms with Crippen LogP contribution in [0.15, 0.2) is 42.0 Å². The van der Waals surface area contributed by atoms with Gasteiger partial charge in [-0.25, -0.2) is 9.18 Å². The molecule has 0 aromatic heterocycles. The molecule has 1 aromatic carbocycles. The molecule has 0 N–H and O–H groups in total. The highest BCUT2D eigenvalue weighted by Gasteiger charge is 2.34. The van der Waals surface area contributed by atoms with Gasteiger partial charge in [-0.1, -0.05) is 18.2 Å². The van der Waals surface area contributed by atoms with Gasteiger partial charge in [0.05, 0.1) is 6.61 Å². The van der Waals surface area contributed by atoms with Crippen molar-refractivity contribution in [2.75, 3.05) is 18.1 Å². The van der Waals surface area contributed by atoms with Crippen LogP contribution >= 0.6 is 0 Å². The zero-order chi connectivity index (χ0) is 12.3. The summed E-state index contributed by atoms with van der Waals surface area (Å²) < 4.78 is 18.5. The Hall–Kier alpha value is -1.84. The van der Waals surface area contributed by atoms with Crippen LogP contribution in [0.5, 0.6) is 0 Å². The van der Waals surface area contributed by atoms with Crippen molar-refractivity contribution >= 4 is 11.7 Å². The fourth-order valence-electron chi connectivity index (χ4n) is 1.73. The van der Waals surface area contributed by atoms with Gasteiger partial charge in [0.1, 0.15) is 0 Å². The summed E-state index contributed by atoms with van der Waals surface area (Å²) in [5.74, 6) is -0.474. The maximum Gasteiger partial charge on any atom is 0.330 e. The first kappa shape index (κ1) is 11.6. The molecular formula is C13H14FNO2. The van der Waals surface area contributed by atoms with E-state index in [4.69, 9.17) is 4.74 Å². The number of carbonyl (C=O) groups is 1. The molecule has 3 nitrogen and oxygen atoms in total. The van der Waals surface area contributed by atoms with Crippen molar-refractivity contribution < 1.29 is 13.9 Å². The molecule has 0 amide bonds. The third kappa shape index (κ3) is 2.46. The van der Waals surface area contributed by atoms with Crippen molar-refractivity contribution in [3.8, 4) is 0 Å². The summed E-state index contributed by atoms with van der Waals surface area (Å²) in [6.45, 7) is 2.46. The summed E-state index contributed by atoms with van der Waals surface area (Å²) in [7, 11) is 0. The molecular weight excluding hydrogens is 221 g/mol. The van der Waals surface area contributed by atoms with Crippen LogP contribution in [0.1, 0.15) is 6.92 Å². The zero-order valence-electron chi connectivity index (χ0n) is 9.60. The Kier molecular flexibility index (Phi) is 3.42. The average molecular weight is 235 g/mol. The molecule has 90 valence electrons. The number of benzene rings is 1. The molecule has 1 aliphatic heterocycles. The Morgan fingerprint density at radius 3 is 2.82 bits per heavy atom. The maximum atomic E-state index is 13.8. The van der Waals surface area contributed by atoms with Crippen molar-refractivity contribution in [1.82, 2.24) is 0 Å². The number of anilines is 1. The summed E-state index contributed by atoms with van der Waals surface area (Å²) in [6, 6.07) is 9.28. The fraction of sp³-hybridized carbons (Fsp3) is 0.308. The minimum absolute atomic E-state index is 0.308. The number of ether oxygens (including phenoxy) is 1. The number of nitrogens with zero attached hydrogens (tertiary/aromatic N) is 1. The molecule has 1 aliphatic rings. The van der Waals surface area contributed by atoms with E-state index in [1.165, 1.54) is 6.08 Å². The maximum absolute atomic E-state index is 13.8. The number of para-hydroxylation sites is 1. The van der Waals surface area contributed by atoms with Gasteiger partial charge < -0.3 is 9.64 Å². The lowest BCUT2D eigenvalue weighted by Crippen LogP contribution is -2.48. The van der Waals surface area contributed by atoms with Gasteiger partial charge in [0, 0.05) is 23.9 Å². The monoisotopic (exact) mass is 235 g/mol. The SMILES string of the molecule is CCOC(=O)/C=C1\CN(c2ccccc2)C1F. The molecule has 17 heavy (non-hydrogen) atoms. The molecule has 1 atom stereocenters. The minimum Gasteiger partial charge on any atom is -0.463 e. The number of rotatable bonds is 3. The van der Waals surface area contributed by atoms with E-state index < -0.39 is 12.3 Å². The number of hydrogen-bond acceptors (Lipinski definition) is 3. The Morgan fingerprint density at radius 1 is 1.53 bits per heavy atom. The molecule has 0 aliphatic carbocycles. The summed E-state index contributed by atoms with van der Waals surface area (Å²) in [4.78, 5) is 12.7. The van der Waals surface area contributed by atoms with Crippen molar-refractivity contribution in [3.05, 3.63) is 42.0 Å². The molecule has 0 radical (unpaired) electrons. The molecule has 1 unspecified atom stereocenters. The first-order valence-electron chi connectivity index (χ1n) is 5.55. The Bertz CT molecular complexity index is 430. The van der Waals surface area contributed by atoms with Gasteiger partial charge in [-0.15, -0.1) is 0 Å². The third-order valence-electron chi connectivity index (χ3n) is 2.61. The Labute approximate surface area is 99.5 Å². The van der Waals surface area contributed by atoms with Crippen LogP contribution in [-0.2, 0) is 9.53 Å². The van der Waals surface area contributed by atoms with Gasteiger partial charge in [-0.3, -0.25) is 0 Å². The Balaban J connectivity index is 2.00. The van der Waals surface area contributed by atoms with E-state index in [9.17, 15) is 9.18 Å². The van der Waals surface area contributed by atoms with Gasteiger partial charge in [0.15, 0.2) is 6.30 Å². The quantitative estimate of drug-likeness (QED) is 0.457. The predicted molar refractivity (Wildman–Crippen MR) is 63.4 cm³/mol. The standard InChI is InChI=1S/C13H14FNO2/c1-2-17-12(16)8-10-9-15(13(10)14)11-6-4-3-5-7-11/h3-8,13H,2,9H2,1H3/b10-8+. The van der Waals surface area contributed by atoms with Crippen LogP contribution in [0.3, 0.4) is 0 Å².